The number of hydrogen-bond acceptors (Lipinski definition) is 5. The molecule has 5 heteroatoms. The number of nitriles is 1. The van der Waals surface area contributed by atoms with Crippen LogP contribution in [0.3, 0.4) is 0 Å². The van der Waals surface area contributed by atoms with Crippen LogP contribution in [-0.4, -0.2) is 26.3 Å². The quantitative estimate of drug-likeness (QED) is 0.934. The first kappa shape index (κ1) is 13.5. The van der Waals surface area contributed by atoms with Crippen LogP contribution in [0.1, 0.15) is 11.5 Å². The minimum absolute atomic E-state index is 0.342. The molecule has 3 rings (SSSR count). The highest BCUT2D eigenvalue weighted by atomic mass is 16.5. The Bertz CT molecular complexity index is 622. The Kier molecular flexibility index (Phi) is 4.08. The predicted molar refractivity (Wildman–Crippen MR) is 80.2 cm³/mol. The molecule has 1 aromatic heterocycles. The predicted octanol–water partition coefficient (Wildman–Crippen LogP) is 2.60. The van der Waals surface area contributed by atoms with E-state index in [0.717, 1.165) is 37.8 Å². The topological polar surface area (TPSA) is 61.4 Å². The number of hydrogen-bond donors (Lipinski definition) is 1. The van der Waals surface area contributed by atoms with Crippen LogP contribution in [-0.2, 0) is 11.3 Å². The first-order valence-corrected chi connectivity index (χ1v) is 7.00. The highest BCUT2D eigenvalue weighted by Gasteiger charge is 2.10. The van der Waals surface area contributed by atoms with E-state index in [4.69, 9.17) is 14.4 Å². The van der Waals surface area contributed by atoms with Crippen LogP contribution in [0.5, 0.6) is 0 Å². The largest absolute Gasteiger partial charge is 0.449 e. The molecule has 21 heavy (non-hydrogen) atoms. The number of rotatable bonds is 4. The molecule has 2 aromatic rings. The standard InChI is InChI=1S/C16H17N3O2/c17-11-15-5-6-16(21-15)12-18-13-1-3-14(4-2-13)19-7-9-20-10-8-19/h1-6,18H,7-10,12H2. The van der Waals surface area contributed by atoms with Crippen LogP contribution in [0, 0.1) is 11.3 Å². The van der Waals surface area contributed by atoms with Gasteiger partial charge in [-0.3, -0.25) is 0 Å². The van der Waals surface area contributed by atoms with E-state index in [1.165, 1.54) is 5.69 Å². The third-order valence-electron chi connectivity index (χ3n) is 3.48. The summed E-state index contributed by atoms with van der Waals surface area (Å²) in [6, 6.07) is 13.8. The summed E-state index contributed by atoms with van der Waals surface area (Å²) in [6.45, 7) is 4.03. The zero-order valence-electron chi connectivity index (χ0n) is 11.7. The summed E-state index contributed by atoms with van der Waals surface area (Å²) < 4.78 is 10.7. The van der Waals surface area contributed by atoms with E-state index in [0.29, 0.717) is 12.3 Å². The smallest absolute Gasteiger partial charge is 0.203 e. The average Bonchev–Trinajstić information content (AvgIpc) is 3.02. The summed E-state index contributed by atoms with van der Waals surface area (Å²) in [4.78, 5) is 2.32. The van der Waals surface area contributed by atoms with Gasteiger partial charge in [-0.1, -0.05) is 0 Å². The third-order valence-corrected chi connectivity index (χ3v) is 3.48. The molecule has 5 nitrogen and oxygen atoms in total. The molecule has 0 spiro atoms. The van der Waals surface area contributed by atoms with Crippen molar-refractivity contribution in [1.82, 2.24) is 0 Å². The summed E-state index contributed by atoms with van der Waals surface area (Å²) in [7, 11) is 0. The number of nitrogens with one attached hydrogen (secondary N) is 1. The molecule has 0 saturated carbocycles. The van der Waals surface area contributed by atoms with Gasteiger partial charge in [0.05, 0.1) is 19.8 Å². The fourth-order valence-corrected chi connectivity index (χ4v) is 2.33. The Morgan fingerprint density at radius 3 is 2.52 bits per heavy atom. The van der Waals surface area contributed by atoms with Gasteiger partial charge in [-0.2, -0.15) is 5.26 Å². The lowest BCUT2D eigenvalue weighted by Crippen LogP contribution is -2.36. The Hall–Kier alpha value is -2.45. The summed E-state index contributed by atoms with van der Waals surface area (Å²) >= 11 is 0. The van der Waals surface area contributed by atoms with Gasteiger partial charge in [-0.15, -0.1) is 0 Å². The lowest BCUT2D eigenvalue weighted by Gasteiger charge is -2.28. The molecule has 0 bridgehead atoms. The van der Waals surface area contributed by atoms with Gasteiger partial charge in [0.15, 0.2) is 0 Å². The molecule has 1 aromatic carbocycles. The maximum atomic E-state index is 8.71. The van der Waals surface area contributed by atoms with E-state index in [1.54, 1.807) is 6.07 Å². The number of nitrogens with zero attached hydrogens (tertiary/aromatic N) is 2. The fraction of sp³-hybridized carbons (Fsp3) is 0.312. The minimum Gasteiger partial charge on any atom is -0.449 e. The van der Waals surface area contributed by atoms with E-state index in [-0.39, 0.29) is 0 Å². The number of furan rings is 1. The van der Waals surface area contributed by atoms with Crippen molar-refractivity contribution in [1.29, 1.82) is 5.26 Å². The van der Waals surface area contributed by atoms with E-state index in [9.17, 15) is 0 Å². The van der Waals surface area contributed by atoms with Crippen LogP contribution < -0.4 is 10.2 Å². The van der Waals surface area contributed by atoms with Gasteiger partial charge in [0.2, 0.25) is 5.76 Å². The van der Waals surface area contributed by atoms with Gasteiger partial charge < -0.3 is 19.4 Å². The maximum Gasteiger partial charge on any atom is 0.203 e. The zero-order valence-corrected chi connectivity index (χ0v) is 11.7. The van der Waals surface area contributed by atoms with Crippen molar-refractivity contribution in [2.75, 3.05) is 36.5 Å². The normalized spacial score (nSPS) is 14.7. The number of morpholine rings is 1. The van der Waals surface area contributed by atoms with Crippen molar-refractivity contribution in [3.05, 3.63) is 47.9 Å². The average molecular weight is 283 g/mol. The number of anilines is 2. The number of benzene rings is 1. The van der Waals surface area contributed by atoms with E-state index < -0.39 is 0 Å². The Morgan fingerprint density at radius 2 is 1.86 bits per heavy atom. The van der Waals surface area contributed by atoms with Gasteiger partial charge >= 0.3 is 0 Å². The number of ether oxygens (including phenoxy) is 1. The highest BCUT2D eigenvalue weighted by Crippen LogP contribution is 2.19. The third kappa shape index (κ3) is 3.36. The van der Waals surface area contributed by atoms with Crippen LogP contribution in [0.25, 0.3) is 0 Å². The lowest BCUT2D eigenvalue weighted by atomic mass is 10.2. The molecular formula is C16H17N3O2. The van der Waals surface area contributed by atoms with E-state index in [1.807, 2.05) is 12.1 Å². The first-order chi connectivity index (χ1) is 10.3. The Balaban J connectivity index is 1.58. The molecule has 0 radical (unpaired) electrons. The zero-order chi connectivity index (χ0) is 14.5. The molecule has 0 unspecified atom stereocenters. The second kappa shape index (κ2) is 6.33. The SMILES string of the molecule is N#Cc1ccc(CNc2ccc(N3CCOCC3)cc2)o1. The molecule has 1 saturated heterocycles. The Labute approximate surface area is 123 Å². The van der Waals surface area contributed by atoms with E-state index >= 15 is 0 Å². The van der Waals surface area contributed by atoms with Crippen LogP contribution >= 0.6 is 0 Å². The molecule has 0 atom stereocenters. The van der Waals surface area contributed by atoms with Crippen molar-refractivity contribution < 1.29 is 9.15 Å². The fourth-order valence-electron chi connectivity index (χ4n) is 2.33. The Morgan fingerprint density at radius 1 is 1.10 bits per heavy atom. The monoisotopic (exact) mass is 283 g/mol. The highest BCUT2D eigenvalue weighted by molar-refractivity contribution is 5.55. The molecule has 1 aliphatic heterocycles. The van der Waals surface area contributed by atoms with Crippen molar-refractivity contribution in [2.24, 2.45) is 0 Å². The second-order valence-corrected chi connectivity index (χ2v) is 4.88. The molecule has 1 N–H and O–H groups in total. The van der Waals surface area contributed by atoms with Crippen molar-refractivity contribution in [3.8, 4) is 6.07 Å². The summed E-state index contributed by atoms with van der Waals surface area (Å²) in [5.41, 5.74) is 2.25. The van der Waals surface area contributed by atoms with Crippen molar-refractivity contribution in [3.63, 3.8) is 0 Å². The second-order valence-electron chi connectivity index (χ2n) is 4.88. The first-order valence-electron chi connectivity index (χ1n) is 7.00. The van der Waals surface area contributed by atoms with Gasteiger partial charge in [-0.25, -0.2) is 0 Å². The maximum absolute atomic E-state index is 8.71. The molecule has 108 valence electrons. The van der Waals surface area contributed by atoms with Crippen LogP contribution in [0.2, 0.25) is 0 Å². The summed E-state index contributed by atoms with van der Waals surface area (Å²) in [5, 5.41) is 12.0. The summed E-state index contributed by atoms with van der Waals surface area (Å²) in [5.74, 6) is 1.10. The molecule has 0 aliphatic carbocycles. The van der Waals surface area contributed by atoms with E-state index in [2.05, 4.69) is 34.5 Å². The van der Waals surface area contributed by atoms with Gasteiger partial charge in [-0.05, 0) is 36.4 Å². The van der Waals surface area contributed by atoms with Gasteiger partial charge in [0.25, 0.3) is 0 Å². The molecule has 1 aliphatic rings. The molecule has 2 heterocycles. The molecule has 1 fully saturated rings. The van der Waals surface area contributed by atoms with Crippen LogP contribution in [0.4, 0.5) is 11.4 Å². The van der Waals surface area contributed by atoms with Crippen molar-refractivity contribution >= 4 is 11.4 Å². The van der Waals surface area contributed by atoms with Gasteiger partial charge in [0, 0.05) is 24.5 Å². The molecule has 0 amide bonds. The lowest BCUT2D eigenvalue weighted by molar-refractivity contribution is 0.122. The van der Waals surface area contributed by atoms with Crippen molar-refractivity contribution in [2.45, 2.75) is 6.54 Å². The molecular weight excluding hydrogens is 266 g/mol. The van der Waals surface area contributed by atoms with Gasteiger partial charge in [0.1, 0.15) is 11.8 Å². The minimum atomic E-state index is 0.342. The van der Waals surface area contributed by atoms with Crippen LogP contribution in [0.15, 0.2) is 40.8 Å². The summed E-state index contributed by atoms with van der Waals surface area (Å²) in [6.07, 6.45) is 0.